The van der Waals surface area contributed by atoms with Crippen molar-refractivity contribution < 1.29 is 0 Å². The molecule has 0 unspecified atom stereocenters. The van der Waals surface area contributed by atoms with Crippen LogP contribution in [0.3, 0.4) is 0 Å². The summed E-state index contributed by atoms with van der Waals surface area (Å²) in [6.45, 7) is 10.0. The molecule has 0 spiro atoms. The van der Waals surface area contributed by atoms with Crippen LogP contribution in [-0.2, 0) is 13.1 Å². The van der Waals surface area contributed by atoms with E-state index in [2.05, 4.69) is 45.5 Å². The first kappa shape index (κ1) is 14.5. The molecule has 0 amide bonds. The van der Waals surface area contributed by atoms with E-state index in [-0.39, 0.29) is 0 Å². The minimum Gasteiger partial charge on any atom is -0.317 e. The minimum absolute atomic E-state index is 0.634. The van der Waals surface area contributed by atoms with Crippen LogP contribution in [0.5, 0.6) is 0 Å². The summed E-state index contributed by atoms with van der Waals surface area (Å²) in [6.07, 6.45) is 5.69. The monoisotopic (exact) mass is 265 g/mol. The molecular formula is C14H27N5. The summed E-state index contributed by atoms with van der Waals surface area (Å²) in [7, 11) is 2.18. The highest BCUT2D eigenvalue weighted by Gasteiger charge is 2.19. The van der Waals surface area contributed by atoms with Gasteiger partial charge in [-0.3, -0.25) is 9.80 Å². The Morgan fingerprint density at radius 1 is 1.37 bits per heavy atom. The molecule has 0 N–H and O–H groups in total. The van der Waals surface area contributed by atoms with Crippen LogP contribution in [0.15, 0.2) is 6.33 Å². The van der Waals surface area contributed by atoms with Crippen LogP contribution in [0.4, 0.5) is 0 Å². The molecule has 5 heteroatoms. The largest absolute Gasteiger partial charge is 0.317 e. The smallest absolute Gasteiger partial charge is 0.146 e. The third kappa shape index (κ3) is 4.01. The van der Waals surface area contributed by atoms with E-state index in [9.17, 15) is 0 Å². The maximum Gasteiger partial charge on any atom is 0.146 e. The molecule has 2 rings (SSSR count). The fourth-order valence-corrected chi connectivity index (χ4v) is 2.88. The van der Waals surface area contributed by atoms with E-state index in [1.165, 1.54) is 25.9 Å². The Morgan fingerprint density at radius 3 is 2.79 bits per heavy atom. The molecule has 0 bridgehead atoms. The molecule has 0 saturated carbocycles. The van der Waals surface area contributed by atoms with Crippen molar-refractivity contribution in [2.24, 2.45) is 0 Å². The van der Waals surface area contributed by atoms with E-state index in [1.54, 1.807) is 0 Å². The highest BCUT2D eigenvalue weighted by molar-refractivity contribution is 4.86. The predicted octanol–water partition coefficient (Wildman–Crippen LogP) is 1.60. The molecular weight excluding hydrogens is 238 g/mol. The van der Waals surface area contributed by atoms with Crippen molar-refractivity contribution in [1.29, 1.82) is 0 Å². The molecule has 1 aliphatic heterocycles. The molecule has 108 valence electrons. The van der Waals surface area contributed by atoms with Gasteiger partial charge in [0.1, 0.15) is 12.2 Å². The van der Waals surface area contributed by atoms with E-state index in [0.29, 0.717) is 6.04 Å². The second-order valence-corrected chi connectivity index (χ2v) is 5.73. The van der Waals surface area contributed by atoms with Gasteiger partial charge >= 0.3 is 0 Å². The lowest BCUT2D eigenvalue weighted by atomic mass is 10.2. The Bertz CT molecular complexity index is 370. The zero-order valence-electron chi connectivity index (χ0n) is 12.5. The maximum absolute atomic E-state index is 4.24. The molecule has 1 fully saturated rings. The van der Waals surface area contributed by atoms with Crippen molar-refractivity contribution >= 4 is 0 Å². The number of nitrogens with zero attached hydrogens (tertiary/aromatic N) is 5. The third-order valence-corrected chi connectivity index (χ3v) is 3.91. The van der Waals surface area contributed by atoms with Gasteiger partial charge in [-0.25, -0.2) is 0 Å². The molecule has 5 nitrogen and oxygen atoms in total. The number of hydrogen-bond donors (Lipinski definition) is 0. The van der Waals surface area contributed by atoms with Crippen LogP contribution < -0.4 is 0 Å². The second-order valence-electron chi connectivity index (χ2n) is 5.73. The molecule has 0 aromatic carbocycles. The standard InChI is InChI=1S/C14H27N5/c1-4-7-19-12-15-16-14(19)11-17(3)10-13(2)18-8-5-6-9-18/h12-13H,4-11H2,1-3H3/t13-/m0/s1. The number of likely N-dealkylation sites (N-methyl/N-ethyl adjacent to an activating group) is 1. The van der Waals surface area contributed by atoms with E-state index < -0.39 is 0 Å². The zero-order valence-corrected chi connectivity index (χ0v) is 12.5. The van der Waals surface area contributed by atoms with Gasteiger partial charge in [0.15, 0.2) is 0 Å². The van der Waals surface area contributed by atoms with Gasteiger partial charge in [-0.15, -0.1) is 10.2 Å². The lowest BCUT2D eigenvalue weighted by Gasteiger charge is -2.28. The van der Waals surface area contributed by atoms with Crippen LogP contribution in [0.2, 0.25) is 0 Å². The number of hydrogen-bond acceptors (Lipinski definition) is 4. The van der Waals surface area contributed by atoms with Crippen molar-refractivity contribution in [3.63, 3.8) is 0 Å². The Kier molecular flexibility index (Phi) is 5.34. The second kappa shape index (κ2) is 7.01. The SMILES string of the molecule is CCCn1cnnc1CN(C)C[C@H](C)N1CCCC1. The Balaban J connectivity index is 1.82. The highest BCUT2D eigenvalue weighted by Crippen LogP contribution is 2.12. The molecule has 1 saturated heterocycles. The number of rotatable bonds is 7. The van der Waals surface area contributed by atoms with Crippen LogP contribution in [0, 0.1) is 0 Å². The number of aryl methyl sites for hydroxylation is 1. The quantitative estimate of drug-likeness (QED) is 0.750. The molecule has 1 aromatic heterocycles. The van der Waals surface area contributed by atoms with Crippen molar-refractivity contribution in [2.75, 3.05) is 26.7 Å². The van der Waals surface area contributed by atoms with Crippen molar-refractivity contribution in [2.45, 2.75) is 52.2 Å². The minimum atomic E-state index is 0.634. The molecule has 0 radical (unpaired) electrons. The third-order valence-electron chi connectivity index (χ3n) is 3.91. The van der Waals surface area contributed by atoms with Gasteiger partial charge in [0.05, 0.1) is 6.54 Å². The van der Waals surface area contributed by atoms with Crippen molar-refractivity contribution in [3.05, 3.63) is 12.2 Å². The molecule has 19 heavy (non-hydrogen) atoms. The van der Waals surface area contributed by atoms with Crippen LogP contribution in [0.1, 0.15) is 38.9 Å². The fourth-order valence-electron chi connectivity index (χ4n) is 2.88. The summed E-state index contributed by atoms with van der Waals surface area (Å²) >= 11 is 0. The molecule has 0 aliphatic carbocycles. The molecule has 1 atom stereocenters. The van der Waals surface area contributed by atoms with Gasteiger partial charge in [-0.05, 0) is 46.3 Å². The van der Waals surface area contributed by atoms with Crippen LogP contribution >= 0.6 is 0 Å². The van der Waals surface area contributed by atoms with E-state index in [4.69, 9.17) is 0 Å². The lowest BCUT2D eigenvalue weighted by Crippen LogP contribution is -2.39. The summed E-state index contributed by atoms with van der Waals surface area (Å²) in [4.78, 5) is 4.95. The van der Waals surface area contributed by atoms with Gasteiger partial charge in [0.2, 0.25) is 0 Å². The van der Waals surface area contributed by atoms with Crippen LogP contribution in [0.25, 0.3) is 0 Å². The van der Waals surface area contributed by atoms with Gasteiger partial charge in [-0.2, -0.15) is 0 Å². The molecule has 2 heterocycles. The first-order valence-electron chi connectivity index (χ1n) is 7.50. The van der Waals surface area contributed by atoms with Gasteiger partial charge < -0.3 is 4.57 Å². The number of aromatic nitrogens is 3. The Labute approximate surface area is 116 Å². The fraction of sp³-hybridized carbons (Fsp3) is 0.857. The van der Waals surface area contributed by atoms with Gasteiger partial charge in [-0.1, -0.05) is 6.92 Å². The van der Waals surface area contributed by atoms with Gasteiger partial charge in [0.25, 0.3) is 0 Å². The van der Waals surface area contributed by atoms with Crippen LogP contribution in [-0.4, -0.2) is 57.3 Å². The molecule has 1 aliphatic rings. The van der Waals surface area contributed by atoms with E-state index in [0.717, 1.165) is 31.9 Å². The summed E-state index contributed by atoms with van der Waals surface area (Å²) in [6, 6.07) is 0.634. The van der Waals surface area contributed by atoms with Crippen molar-refractivity contribution in [3.8, 4) is 0 Å². The Hall–Kier alpha value is -0.940. The average molecular weight is 265 g/mol. The topological polar surface area (TPSA) is 37.2 Å². The zero-order chi connectivity index (χ0) is 13.7. The first-order chi connectivity index (χ1) is 9.20. The van der Waals surface area contributed by atoms with Crippen molar-refractivity contribution in [1.82, 2.24) is 24.6 Å². The summed E-state index contributed by atoms with van der Waals surface area (Å²) in [5, 5.41) is 8.26. The molecule has 1 aromatic rings. The highest BCUT2D eigenvalue weighted by atomic mass is 15.3. The van der Waals surface area contributed by atoms with Gasteiger partial charge in [0, 0.05) is 19.1 Å². The predicted molar refractivity (Wildman–Crippen MR) is 76.9 cm³/mol. The maximum atomic E-state index is 4.24. The normalized spacial score (nSPS) is 18.3. The van der Waals surface area contributed by atoms with E-state index >= 15 is 0 Å². The average Bonchev–Trinajstić information content (AvgIpc) is 3.01. The first-order valence-corrected chi connectivity index (χ1v) is 7.50. The van der Waals surface area contributed by atoms with E-state index in [1.807, 2.05) is 6.33 Å². The summed E-state index contributed by atoms with van der Waals surface area (Å²) in [5.41, 5.74) is 0. The number of likely N-dealkylation sites (tertiary alicyclic amines) is 1. The lowest BCUT2D eigenvalue weighted by molar-refractivity contribution is 0.185. The summed E-state index contributed by atoms with van der Waals surface area (Å²) < 4.78 is 2.16. The summed E-state index contributed by atoms with van der Waals surface area (Å²) in [5.74, 6) is 1.08. The Morgan fingerprint density at radius 2 is 2.11 bits per heavy atom.